The predicted octanol–water partition coefficient (Wildman–Crippen LogP) is 1.81. The molecule has 0 N–H and O–H groups in total. The van der Waals surface area contributed by atoms with E-state index < -0.39 is 0 Å². The summed E-state index contributed by atoms with van der Waals surface area (Å²) in [6, 6.07) is 0. The maximum atomic E-state index is 4.96. The van der Waals surface area contributed by atoms with Crippen LogP contribution in [0.1, 0.15) is 12.6 Å². The van der Waals surface area contributed by atoms with E-state index >= 15 is 0 Å². The van der Waals surface area contributed by atoms with Gasteiger partial charge in [-0.05, 0) is 22.9 Å². The first kappa shape index (κ1) is 8.74. The lowest BCUT2D eigenvalue weighted by molar-refractivity contribution is 0.180. The van der Waals surface area contributed by atoms with Crippen molar-refractivity contribution in [1.29, 1.82) is 0 Å². The third-order valence-corrected chi connectivity index (χ3v) is 2.05. The molecule has 4 heteroatoms. The smallest absolute Gasteiger partial charge is 0.102 e. The van der Waals surface area contributed by atoms with Crippen LogP contribution in [0.25, 0.3) is 0 Å². The van der Waals surface area contributed by atoms with Crippen LogP contribution in [0.4, 0.5) is 0 Å². The molecule has 1 heterocycles. The summed E-state index contributed by atoms with van der Waals surface area (Å²) in [6.07, 6.45) is 1.95. The fourth-order valence-electron chi connectivity index (χ4n) is 0.834. The lowest BCUT2D eigenvalue weighted by Gasteiger charge is -1.93. The van der Waals surface area contributed by atoms with Crippen molar-refractivity contribution < 1.29 is 4.74 Å². The highest BCUT2D eigenvalue weighted by Crippen LogP contribution is 2.15. The number of halogens is 1. The number of nitrogens with zero attached hydrogens (tertiary/aromatic N) is 2. The summed E-state index contributed by atoms with van der Waals surface area (Å²) in [5, 5.41) is 4.26. The lowest BCUT2D eigenvalue weighted by Crippen LogP contribution is -1.96. The van der Waals surface area contributed by atoms with Crippen molar-refractivity contribution in [3.63, 3.8) is 0 Å². The molecule has 0 atom stereocenters. The van der Waals surface area contributed by atoms with Crippen molar-refractivity contribution in [2.24, 2.45) is 0 Å². The highest BCUT2D eigenvalue weighted by atomic mass is 79.9. The predicted molar refractivity (Wildman–Crippen MR) is 46.3 cm³/mol. The Balaban J connectivity index is 2.79. The quantitative estimate of drug-likeness (QED) is 0.775. The first-order valence-electron chi connectivity index (χ1n) is 3.48. The van der Waals surface area contributed by atoms with Crippen molar-refractivity contribution >= 4 is 15.9 Å². The van der Waals surface area contributed by atoms with Crippen molar-refractivity contribution in [2.75, 3.05) is 7.11 Å². The van der Waals surface area contributed by atoms with Gasteiger partial charge in [0.15, 0.2) is 0 Å². The maximum absolute atomic E-state index is 4.96. The van der Waals surface area contributed by atoms with E-state index in [0.717, 1.165) is 16.7 Å². The first-order valence-corrected chi connectivity index (χ1v) is 4.28. The maximum Gasteiger partial charge on any atom is 0.102 e. The van der Waals surface area contributed by atoms with E-state index in [4.69, 9.17) is 4.74 Å². The molecule has 0 amide bonds. The van der Waals surface area contributed by atoms with Crippen molar-refractivity contribution in [3.05, 3.63) is 16.4 Å². The van der Waals surface area contributed by atoms with Crippen LogP contribution in [0.15, 0.2) is 10.7 Å². The van der Waals surface area contributed by atoms with Gasteiger partial charge in [0.05, 0.1) is 11.1 Å². The molecule has 1 aromatic rings. The van der Waals surface area contributed by atoms with Gasteiger partial charge in [-0.15, -0.1) is 0 Å². The van der Waals surface area contributed by atoms with Gasteiger partial charge in [0.2, 0.25) is 0 Å². The standard InChI is InChI=1S/C7H11BrN2O/c1-3-10-4-6(8)7(9-10)5-11-2/h4H,3,5H2,1-2H3. The largest absolute Gasteiger partial charge is 0.378 e. The zero-order chi connectivity index (χ0) is 8.27. The Kier molecular flexibility index (Phi) is 3.08. The van der Waals surface area contributed by atoms with Gasteiger partial charge in [-0.1, -0.05) is 0 Å². The molecule has 0 saturated carbocycles. The zero-order valence-corrected chi connectivity index (χ0v) is 8.26. The molecule has 0 bridgehead atoms. The number of aromatic nitrogens is 2. The molecule has 1 aromatic heterocycles. The van der Waals surface area contributed by atoms with Gasteiger partial charge in [-0.3, -0.25) is 4.68 Å². The Morgan fingerprint density at radius 2 is 2.45 bits per heavy atom. The van der Waals surface area contributed by atoms with Gasteiger partial charge < -0.3 is 4.74 Å². The number of methoxy groups -OCH3 is 1. The fraction of sp³-hybridized carbons (Fsp3) is 0.571. The van der Waals surface area contributed by atoms with E-state index in [1.807, 2.05) is 10.9 Å². The molecular weight excluding hydrogens is 208 g/mol. The SMILES string of the molecule is CCn1cc(Br)c(COC)n1. The molecule has 0 fully saturated rings. The molecule has 11 heavy (non-hydrogen) atoms. The summed E-state index contributed by atoms with van der Waals surface area (Å²) in [5.74, 6) is 0. The second kappa shape index (κ2) is 3.88. The van der Waals surface area contributed by atoms with Crippen LogP contribution in [0, 0.1) is 0 Å². The van der Waals surface area contributed by atoms with Gasteiger partial charge in [0, 0.05) is 19.9 Å². The Bertz CT molecular complexity index is 234. The van der Waals surface area contributed by atoms with Gasteiger partial charge in [0.25, 0.3) is 0 Å². The summed E-state index contributed by atoms with van der Waals surface area (Å²) in [5.41, 5.74) is 0.953. The van der Waals surface area contributed by atoms with E-state index in [1.54, 1.807) is 7.11 Å². The lowest BCUT2D eigenvalue weighted by atomic mass is 10.5. The molecular formula is C7H11BrN2O. The summed E-state index contributed by atoms with van der Waals surface area (Å²) < 4.78 is 7.85. The number of hydrogen-bond donors (Lipinski definition) is 0. The van der Waals surface area contributed by atoms with Crippen LogP contribution in [-0.2, 0) is 17.9 Å². The number of ether oxygens (including phenoxy) is 1. The van der Waals surface area contributed by atoms with Gasteiger partial charge in [0.1, 0.15) is 5.69 Å². The Labute approximate surface area is 74.5 Å². The second-order valence-electron chi connectivity index (χ2n) is 2.21. The van der Waals surface area contributed by atoms with E-state index in [-0.39, 0.29) is 0 Å². The van der Waals surface area contributed by atoms with Crippen LogP contribution in [0.3, 0.4) is 0 Å². The van der Waals surface area contributed by atoms with Crippen LogP contribution in [0.2, 0.25) is 0 Å². The van der Waals surface area contributed by atoms with Crippen LogP contribution in [0.5, 0.6) is 0 Å². The van der Waals surface area contributed by atoms with E-state index in [1.165, 1.54) is 0 Å². The average Bonchev–Trinajstić information content (AvgIpc) is 2.33. The summed E-state index contributed by atoms with van der Waals surface area (Å²) in [7, 11) is 1.66. The van der Waals surface area contributed by atoms with E-state index in [9.17, 15) is 0 Å². The molecule has 62 valence electrons. The van der Waals surface area contributed by atoms with E-state index in [0.29, 0.717) is 6.61 Å². The molecule has 0 aliphatic rings. The molecule has 0 unspecified atom stereocenters. The normalized spacial score (nSPS) is 10.5. The fourth-order valence-corrected chi connectivity index (χ4v) is 1.26. The minimum absolute atomic E-state index is 0.563. The highest BCUT2D eigenvalue weighted by molar-refractivity contribution is 9.10. The Hall–Kier alpha value is -0.350. The molecule has 0 aliphatic carbocycles. The molecule has 1 rings (SSSR count). The molecule has 0 aliphatic heterocycles. The summed E-state index contributed by atoms with van der Waals surface area (Å²) in [6.45, 7) is 3.51. The number of aryl methyl sites for hydroxylation is 1. The van der Waals surface area contributed by atoms with Crippen molar-refractivity contribution in [3.8, 4) is 0 Å². The van der Waals surface area contributed by atoms with Gasteiger partial charge in [-0.25, -0.2) is 0 Å². The third kappa shape index (κ3) is 2.04. The average molecular weight is 219 g/mol. The first-order chi connectivity index (χ1) is 5.27. The van der Waals surface area contributed by atoms with Crippen LogP contribution < -0.4 is 0 Å². The Morgan fingerprint density at radius 3 is 2.91 bits per heavy atom. The molecule has 0 saturated heterocycles. The molecule has 3 nitrogen and oxygen atoms in total. The molecule has 0 spiro atoms. The summed E-state index contributed by atoms with van der Waals surface area (Å²) >= 11 is 3.40. The minimum atomic E-state index is 0.563. The monoisotopic (exact) mass is 218 g/mol. The molecule has 0 aromatic carbocycles. The number of hydrogen-bond acceptors (Lipinski definition) is 2. The second-order valence-corrected chi connectivity index (χ2v) is 3.07. The minimum Gasteiger partial charge on any atom is -0.378 e. The van der Waals surface area contributed by atoms with E-state index in [2.05, 4.69) is 28.0 Å². The van der Waals surface area contributed by atoms with Gasteiger partial charge in [-0.2, -0.15) is 5.10 Å². The summed E-state index contributed by atoms with van der Waals surface area (Å²) in [4.78, 5) is 0. The highest BCUT2D eigenvalue weighted by Gasteiger charge is 2.03. The molecule has 0 radical (unpaired) electrons. The topological polar surface area (TPSA) is 27.1 Å². The zero-order valence-electron chi connectivity index (χ0n) is 6.67. The van der Waals surface area contributed by atoms with Crippen molar-refractivity contribution in [1.82, 2.24) is 9.78 Å². The van der Waals surface area contributed by atoms with Gasteiger partial charge >= 0.3 is 0 Å². The van der Waals surface area contributed by atoms with Crippen LogP contribution in [-0.4, -0.2) is 16.9 Å². The number of rotatable bonds is 3. The van der Waals surface area contributed by atoms with Crippen molar-refractivity contribution in [2.45, 2.75) is 20.1 Å². The van der Waals surface area contributed by atoms with Crippen LogP contribution >= 0.6 is 15.9 Å². The third-order valence-electron chi connectivity index (χ3n) is 1.39. The Morgan fingerprint density at radius 1 is 1.73 bits per heavy atom.